The highest BCUT2D eigenvalue weighted by Crippen LogP contribution is 2.23. The Morgan fingerprint density at radius 2 is 2.15 bits per heavy atom. The third-order valence-electron chi connectivity index (χ3n) is 3.56. The van der Waals surface area contributed by atoms with Gasteiger partial charge in [0.2, 0.25) is 0 Å². The van der Waals surface area contributed by atoms with E-state index in [-0.39, 0.29) is 12.5 Å². The highest BCUT2D eigenvalue weighted by atomic mass is 16.5. The van der Waals surface area contributed by atoms with Gasteiger partial charge in [0.15, 0.2) is 0 Å². The van der Waals surface area contributed by atoms with Gasteiger partial charge in [0.1, 0.15) is 0 Å². The van der Waals surface area contributed by atoms with Gasteiger partial charge >= 0.3 is 5.97 Å². The van der Waals surface area contributed by atoms with E-state index in [4.69, 9.17) is 9.84 Å². The SMILES string of the molecule is COC(C)Cn1cc(CCCC(=O)O)c2ccccc21. The fraction of sp³-hybridized carbons (Fsp3) is 0.438. The zero-order valence-corrected chi connectivity index (χ0v) is 12.0. The first-order valence-corrected chi connectivity index (χ1v) is 6.93. The van der Waals surface area contributed by atoms with Crippen molar-refractivity contribution in [2.24, 2.45) is 0 Å². The van der Waals surface area contributed by atoms with Crippen LogP contribution >= 0.6 is 0 Å². The highest BCUT2D eigenvalue weighted by molar-refractivity contribution is 5.84. The van der Waals surface area contributed by atoms with Crippen molar-refractivity contribution in [1.82, 2.24) is 4.57 Å². The van der Waals surface area contributed by atoms with Crippen molar-refractivity contribution in [3.8, 4) is 0 Å². The van der Waals surface area contributed by atoms with Crippen LogP contribution in [0.15, 0.2) is 30.5 Å². The second kappa shape index (κ2) is 6.57. The predicted octanol–water partition coefficient (Wildman–Crippen LogP) is 3.08. The summed E-state index contributed by atoms with van der Waals surface area (Å²) in [5.74, 6) is -0.734. The summed E-state index contributed by atoms with van der Waals surface area (Å²) in [7, 11) is 1.71. The fourth-order valence-corrected chi connectivity index (χ4v) is 2.45. The Kier molecular flexibility index (Phi) is 4.79. The molecule has 2 rings (SSSR count). The molecule has 2 aromatic rings. The van der Waals surface area contributed by atoms with Crippen molar-refractivity contribution >= 4 is 16.9 Å². The summed E-state index contributed by atoms with van der Waals surface area (Å²) < 4.78 is 7.52. The number of aliphatic carboxylic acids is 1. The van der Waals surface area contributed by atoms with Crippen molar-refractivity contribution in [3.05, 3.63) is 36.0 Å². The van der Waals surface area contributed by atoms with E-state index in [0.717, 1.165) is 13.0 Å². The third-order valence-corrected chi connectivity index (χ3v) is 3.56. The van der Waals surface area contributed by atoms with Crippen LogP contribution in [0.25, 0.3) is 10.9 Å². The van der Waals surface area contributed by atoms with Gasteiger partial charge in [-0.25, -0.2) is 0 Å². The van der Waals surface area contributed by atoms with Crippen LogP contribution in [0.2, 0.25) is 0 Å². The molecule has 0 saturated carbocycles. The van der Waals surface area contributed by atoms with E-state index < -0.39 is 5.97 Å². The normalized spacial score (nSPS) is 12.7. The van der Waals surface area contributed by atoms with Crippen molar-refractivity contribution in [3.63, 3.8) is 0 Å². The number of hydrogen-bond donors (Lipinski definition) is 1. The molecular weight excluding hydrogens is 254 g/mol. The number of aryl methyl sites for hydroxylation is 1. The summed E-state index contributed by atoms with van der Waals surface area (Å²) in [6, 6.07) is 8.24. The van der Waals surface area contributed by atoms with Gasteiger partial charge in [-0.1, -0.05) is 18.2 Å². The molecule has 108 valence electrons. The van der Waals surface area contributed by atoms with Gasteiger partial charge in [-0.15, -0.1) is 0 Å². The van der Waals surface area contributed by atoms with Crippen LogP contribution in [-0.4, -0.2) is 28.9 Å². The van der Waals surface area contributed by atoms with Crippen LogP contribution in [0, 0.1) is 0 Å². The van der Waals surface area contributed by atoms with E-state index in [9.17, 15) is 4.79 Å². The molecule has 1 N–H and O–H groups in total. The van der Waals surface area contributed by atoms with Crippen LogP contribution < -0.4 is 0 Å². The van der Waals surface area contributed by atoms with Crippen molar-refractivity contribution < 1.29 is 14.6 Å². The molecule has 1 unspecified atom stereocenters. The van der Waals surface area contributed by atoms with E-state index in [1.807, 2.05) is 19.1 Å². The molecule has 0 aliphatic heterocycles. The second-order valence-corrected chi connectivity index (χ2v) is 5.12. The number of carboxylic acid groups (broad SMARTS) is 1. The molecule has 0 amide bonds. The lowest BCUT2D eigenvalue weighted by molar-refractivity contribution is -0.137. The lowest BCUT2D eigenvalue weighted by atomic mass is 10.1. The number of carbonyl (C=O) groups is 1. The van der Waals surface area contributed by atoms with Gasteiger partial charge in [-0.3, -0.25) is 4.79 Å². The Labute approximate surface area is 119 Å². The fourth-order valence-electron chi connectivity index (χ4n) is 2.45. The molecule has 0 saturated heterocycles. The summed E-state index contributed by atoms with van der Waals surface area (Å²) in [4.78, 5) is 10.6. The predicted molar refractivity (Wildman–Crippen MR) is 79.0 cm³/mol. The Balaban J connectivity index is 2.23. The minimum Gasteiger partial charge on any atom is -0.481 e. The Hall–Kier alpha value is -1.81. The molecule has 0 aliphatic rings. The van der Waals surface area contributed by atoms with Crippen LogP contribution in [0.4, 0.5) is 0 Å². The zero-order chi connectivity index (χ0) is 14.5. The van der Waals surface area contributed by atoms with Crippen molar-refractivity contribution in [2.75, 3.05) is 7.11 Å². The lowest BCUT2D eigenvalue weighted by Crippen LogP contribution is -2.13. The standard InChI is InChI=1S/C16H21NO3/c1-12(20-2)10-17-11-13(6-5-9-16(18)19)14-7-3-4-8-15(14)17/h3-4,7-8,11-12H,5-6,9-10H2,1-2H3,(H,18,19). The van der Waals surface area contributed by atoms with Gasteiger partial charge in [0.05, 0.1) is 6.10 Å². The average Bonchev–Trinajstić information content (AvgIpc) is 2.77. The topological polar surface area (TPSA) is 51.5 Å². The van der Waals surface area contributed by atoms with E-state index >= 15 is 0 Å². The number of hydrogen-bond acceptors (Lipinski definition) is 2. The summed E-state index contributed by atoms with van der Waals surface area (Å²) in [6.45, 7) is 2.84. The van der Waals surface area contributed by atoms with E-state index in [1.54, 1.807) is 7.11 Å². The van der Waals surface area contributed by atoms with E-state index in [0.29, 0.717) is 6.42 Å². The van der Waals surface area contributed by atoms with Gasteiger partial charge in [-0.05, 0) is 31.4 Å². The largest absolute Gasteiger partial charge is 0.481 e. The Morgan fingerprint density at radius 3 is 2.85 bits per heavy atom. The van der Waals surface area contributed by atoms with Crippen LogP contribution in [-0.2, 0) is 22.5 Å². The summed E-state index contributed by atoms with van der Waals surface area (Å²) >= 11 is 0. The average molecular weight is 275 g/mol. The molecule has 0 fully saturated rings. The quantitative estimate of drug-likeness (QED) is 0.844. The monoisotopic (exact) mass is 275 g/mol. The number of rotatable bonds is 7. The van der Waals surface area contributed by atoms with Crippen molar-refractivity contribution in [1.29, 1.82) is 0 Å². The molecule has 20 heavy (non-hydrogen) atoms. The number of carboxylic acids is 1. The maximum Gasteiger partial charge on any atom is 0.303 e. The van der Waals surface area contributed by atoms with Gasteiger partial charge < -0.3 is 14.4 Å². The molecular formula is C16H21NO3. The number of aromatic nitrogens is 1. The molecule has 1 aromatic carbocycles. The van der Waals surface area contributed by atoms with Crippen LogP contribution in [0.1, 0.15) is 25.3 Å². The van der Waals surface area contributed by atoms with Gasteiger partial charge in [0.25, 0.3) is 0 Å². The number of nitrogens with zero attached hydrogens (tertiary/aromatic N) is 1. The molecule has 0 aliphatic carbocycles. The molecule has 4 heteroatoms. The third kappa shape index (κ3) is 3.39. The first-order valence-electron chi connectivity index (χ1n) is 6.93. The first kappa shape index (κ1) is 14.6. The summed E-state index contributed by atoms with van der Waals surface area (Å²) in [6.07, 6.45) is 3.96. The van der Waals surface area contributed by atoms with Crippen LogP contribution in [0.5, 0.6) is 0 Å². The molecule has 1 aromatic heterocycles. The van der Waals surface area contributed by atoms with E-state index in [1.165, 1.54) is 16.5 Å². The van der Waals surface area contributed by atoms with Gasteiger partial charge in [-0.2, -0.15) is 0 Å². The summed E-state index contributed by atoms with van der Waals surface area (Å²) in [5.41, 5.74) is 2.40. The second-order valence-electron chi connectivity index (χ2n) is 5.12. The Morgan fingerprint density at radius 1 is 1.40 bits per heavy atom. The molecule has 1 heterocycles. The zero-order valence-electron chi connectivity index (χ0n) is 12.0. The lowest BCUT2D eigenvalue weighted by Gasteiger charge is -2.11. The maximum absolute atomic E-state index is 10.6. The first-order chi connectivity index (χ1) is 9.61. The number of para-hydroxylation sites is 1. The molecule has 0 radical (unpaired) electrons. The number of fused-ring (bicyclic) bond motifs is 1. The Bertz CT molecular complexity index is 588. The maximum atomic E-state index is 10.6. The number of benzene rings is 1. The van der Waals surface area contributed by atoms with Crippen molar-refractivity contribution in [2.45, 2.75) is 38.8 Å². The molecule has 0 bridgehead atoms. The highest BCUT2D eigenvalue weighted by Gasteiger charge is 2.10. The number of methoxy groups -OCH3 is 1. The summed E-state index contributed by atoms with van der Waals surface area (Å²) in [5, 5.41) is 9.95. The minimum atomic E-state index is -0.734. The molecule has 1 atom stereocenters. The number of ether oxygens (including phenoxy) is 1. The van der Waals surface area contributed by atoms with Crippen LogP contribution in [0.3, 0.4) is 0 Å². The molecule has 4 nitrogen and oxygen atoms in total. The van der Waals surface area contributed by atoms with Gasteiger partial charge in [0, 0.05) is 37.2 Å². The van der Waals surface area contributed by atoms with E-state index in [2.05, 4.69) is 22.9 Å². The minimum absolute atomic E-state index is 0.151. The smallest absolute Gasteiger partial charge is 0.303 e. The molecule has 0 spiro atoms.